The van der Waals surface area contributed by atoms with Crippen molar-refractivity contribution < 1.29 is 19.8 Å². The molecule has 5 nitrogen and oxygen atoms in total. The molecule has 0 radical (unpaired) electrons. The molecule has 0 amide bonds. The van der Waals surface area contributed by atoms with E-state index in [1.165, 1.54) is 0 Å². The second-order valence-corrected chi connectivity index (χ2v) is 4.13. The molecule has 0 heterocycles. The summed E-state index contributed by atoms with van der Waals surface area (Å²) in [5.74, 6) is 14.9. The molecule has 0 aliphatic heterocycles. The number of aliphatic hydroxyl groups excluding tert-OH is 2. The second-order valence-electron chi connectivity index (χ2n) is 4.13. The highest BCUT2D eigenvalue weighted by Crippen LogP contribution is 2.00. The molecule has 0 bridgehead atoms. The van der Waals surface area contributed by atoms with Crippen LogP contribution in [0.1, 0.15) is 32.6 Å². The molecule has 114 valence electrons. The van der Waals surface area contributed by atoms with E-state index < -0.39 is 18.2 Å². The van der Waals surface area contributed by atoms with E-state index in [0.717, 1.165) is 0 Å². The van der Waals surface area contributed by atoms with E-state index in [0.29, 0.717) is 19.3 Å². The summed E-state index contributed by atoms with van der Waals surface area (Å²) in [5.41, 5.74) is 0. The number of allylic oxidation sites excluding steroid dienone is 3. The monoisotopic (exact) mass is 291 g/mol. The van der Waals surface area contributed by atoms with Crippen molar-refractivity contribution in [1.29, 1.82) is 0 Å². The van der Waals surface area contributed by atoms with Gasteiger partial charge >= 0.3 is 5.97 Å². The minimum atomic E-state index is -0.797. The zero-order chi connectivity index (χ0) is 15.9. The Labute approximate surface area is 125 Å². The van der Waals surface area contributed by atoms with Gasteiger partial charge in [0, 0.05) is 12.8 Å². The molecule has 0 aliphatic rings. The van der Waals surface area contributed by atoms with E-state index in [1.807, 2.05) is 0 Å². The molecule has 0 aromatic carbocycles. The molecule has 21 heavy (non-hydrogen) atoms. The van der Waals surface area contributed by atoms with Crippen molar-refractivity contribution in [2.75, 3.05) is 0 Å². The second kappa shape index (κ2) is 13.0. The largest absolute Gasteiger partial charge is 0.388 e. The summed E-state index contributed by atoms with van der Waals surface area (Å²) in [6, 6.07) is 0. The Morgan fingerprint density at radius 1 is 1.38 bits per heavy atom. The number of hydrogen-bond donors (Lipinski definition) is 3. The van der Waals surface area contributed by atoms with Crippen molar-refractivity contribution in [3.8, 4) is 23.7 Å². The fourth-order valence-corrected chi connectivity index (χ4v) is 1.29. The molecular weight excluding hydrogens is 270 g/mol. The molecule has 4 N–H and O–H groups in total. The van der Waals surface area contributed by atoms with E-state index in [-0.39, 0.29) is 6.42 Å². The van der Waals surface area contributed by atoms with Gasteiger partial charge in [-0.15, -0.1) is 11.8 Å². The van der Waals surface area contributed by atoms with Crippen LogP contribution >= 0.6 is 0 Å². The van der Waals surface area contributed by atoms with Crippen molar-refractivity contribution >= 4 is 5.97 Å². The summed E-state index contributed by atoms with van der Waals surface area (Å²) in [4.78, 5) is 14.7. The van der Waals surface area contributed by atoms with Gasteiger partial charge < -0.3 is 15.1 Å². The van der Waals surface area contributed by atoms with Crippen LogP contribution in [0.25, 0.3) is 0 Å². The summed E-state index contributed by atoms with van der Waals surface area (Å²) in [7, 11) is 0. The van der Waals surface area contributed by atoms with E-state index in [2.05, 4.69) is 34.4 Å². The zero-order valence-corrected chi connectivity index (χ0v) is 12.1. The number of carbonyl (C=O) groups excluding carboxylic acids is 1. The maximum atomic E-state index is 10.7. The third-order valence-corrected chi connectivity index (χ3v) is 2.35. The fraction of sp³-hybridized carbons (Fsp3) is 0.438. The first kappa shape index (κ1) is 18.9. The number of hydrogen-bond acceptors (Lipinski definition) is 5. The van der Waals surface area contributed by atoms with Gasteiger partial charge in [-0.3, -0.25) is 4.79 Å². The minimum Gasteiger partial charge on any atom is -0.388 e. The molecule has 0 fully saturated rings. The van der Waals surface area contributed by atoms with Crippen LogP contribution < -0.4 is 5.90 Å². The van der Waals surface area contributed by atoms with Gasteiger partial charge in [0.1, 0.15) is 6.10 Å². The van der Waals surface area contributed by atoms with Crippen molar-refractivity contribution in [1.82, 2.24) is 0 Å². The highest BCUT2D eigenvalue weighted by molar-refractivity contribution is 5.68. The van der Waals surface area contributed by atoms with Crippen LogP contribution in [0.15, 0.2) is 24.3 Å². The standard InChI is InChI=1S/C16H21NO4/c1-2-3-9-14(18)10-6-4-5-7-11-15(19)12-8-13-16(20)21-17/h4-6,10,14-15,18-19H,8-9,12-13,17H2,1H3. The molecule has 0 rings (SSSR count). The smallest absolute Gasteiger partial charge is 0.324 e. The third-order valence-electron chi connectivity index (χ3n) is 2.35. The molecule has 0 aliphatic carbocycles. The van der Waals surface area contributed by atoms with E-state index in [1.54, 1.807) is 31.2 Å². The van der Waals surface area contributed by atoms with Crippen LogP contribution in [0.4, 0.5) is 0 Å². The number of nitrogens with two attached hydrogens (primary N) is 1. The van der Waals surface area contributed by atoms with Crippen LogP contribution in [-0.2, 0) is 9.63 Å². The van der Waals surface area contributed by atoms with Gasteiger partial charge in [0.15, 0.2) is 0 Å². The van der Waals surface area contributed by atoms with Crippen LogP contribution in [0, 0.1) is 23.7 Å². The highest BCUT2D eigenvalue weighted by Gasteiger charge is 2.03. The van der Waals surface area contributed by atoms with Crippen LogP contribution in [0.3, 0.4) is 0 Å². The zero-order valence-electron chi connectivity index (χ0n) is 12.1. The average molecular weight is 291 g/mol. The predicted molar refractivity (Wildman–Crippen MR) is 80.3 cm³/mol. The summed E-state index contributed by atoms with van der Waals surface area (Å²) < 4.78 is 0. The fourth-order valence-electron chi connectivity index (χ4n) is 1.29. The van der Waals surface area contributed by atoms with Crippen molar-refractivity contribution in [2.45, 2.75) is 44.8 Å². The minimum absolute atomic E-state index is 0.159. The van der Waals surface area contributed by atoms with Crippen LogP contribution in [0.5, 0.6) is 0 Å². The van der Waals surface area contributed by atoms with Gasteiger partial charge in [-0.05, 0) is 25.8 Å². The maximum absolute atomic E-state index is 10.7. The van der Waals surface area contributed by atoms with E-state index >= 15 is 0 Å². The first-order valence-electron chi connectivity index (χ1n) is 6.59. The molecule has 2 unspecified atom stereocenters. The third kappa shape index (κ3) is 12.7. The molecule has 0 saturated carbocycles. The molecule has 0 aromatic heterocycles. The van der Waals surface area contributed by atoms with Crippen LogP contribution in [-0.4, -0.2) is 28.4 Å². The maximum Gasteiger partial charge on any atom is 0.324 e. The Morgan fingerprint density at radius 3 is 2.81 bits per heavy atom. The molecule has 0 aromatic rings. The molecule has 5 heteroatoms. The number of carbonyl (C=O) groups is 1. The summed E-state index contributed by atoms with van der Waals surface area (Å²) in [5, 5.41) is 19.0. The predicted octanol–water partition coefficient (Wildman–Crippen LogP) is 0.825. The lowest BCUT2D eigenvalue weighted by Gasteiger charge is -2.01. The lowest BCUT2D eigenvalue weighted by atomic mass is 10.1. The van der Waals surface area contributed by atoms with Crippen molar-refractivity contribution in [3.05, 3.63) is 24.3 Å². The van der Waals surface area contributed by atoms with Gasteiger partial charge in [-0.1, -0.05) is 30.1 Å². The van der Waals surface area contributed by atoms with Gasteiger partial charge in [0.25, 0.3) is 0 Å². The van der Waals surface area contributed by atoms with Gasteiger partial charge in [0.2, 0.25) is 0 Å². The highest BCUT2D eigenvalue weighted by atomic mass is 16.7. The van der Waals surface area contributed by atoms with Crippen LogP contribution in [0.2, 0.25) is 0 Å². The average Bonchev–Trinajstić information content (AvgIpc) is 2.48. The number of rotatable bonds is 7. The quantitative estimate of drug-likeness (QED) is 0.367. The molecular formula is C16H21NO4. The summed E-state index contributed by atoms with van der Waals surface area (Å²) in [6.07, 6.45) is 6.50. The molecule has 0 spiro atoms. The van der Waals surface area contributed by atoms with E-state index in [4.69, 9.17) is 0 Å². The Morgan fingerprint density at radius 2 is 2.14 bits per heavy atom. The van der Waals surface area contributed by atoms with E-state index in [9.17, 15) is 15.0 Å². The normalized spacial score (nSPS) is 13.1. The van der Waals surface area contributed by atoms with Gasteiger partial charge in [0.05, 0.1) is 6.10 Å². The Bertz CT molecular complexity index is 474. The Balaban J connectivity index is 3.93. The Hall–Kier alpha value is -2.05. The summed E-state index contributed by atoms with van der Waals surface area (Å²) in [6.45, 7) is 1.72. The lowest BCUT2D eigenvalue weighted by Crippen LogP contribution is -2.11. The van der Waals surface area contributed by atoms with Crippen molar-refractivity contribution in [2.24, 2.45) is 5.90 Å². The van der Waals surface area contributed by atoms with Crippen molar-refractivity contribution in [3.63, 3.8) is 0 Å². The first-order valence-corrected chi connectivity index (χ1v) is 6.59. The Kier molecular flexibility index (Phi) is 11.7. The topological polar surface area (TPSA) is 92.8 Å². The van der Waals surface area contributed by atoms with Gasteiger partial charge in [-0.25, -0.2) is 0 Å². The SMILES string of the molecule is CC#CCC(O)C=CC=CC#CC(O)CCCC(=O)ON. The molecule has 2 atom stereocenters. The first-order chi connectivity index (χ1) is 10.1. The molecule has 0 saturated heterocycles. The lowest BCUT2D eigenvalue weighted by molar-refractivity contribution is -0.144. The van der Waals surface area contributed by atoms with Gasteiger partial charge in [-0.2, -0.15) is 5.90 Å². The number of aliphatic hydroxyl groups is 2. The summed E-state index contributed by atoms with van der Waals surface area (Å²) >= 11 is 0.